The van der Waals surface area contributed by atoms with Crippen LogP contribution in [0.1, 0.15) is 20.3 Å². The predicted molar refractivity (Wildman–Crippen MR) is 96.5 cm³/mol. The van der Waals surface area contributed by atoms with Crippen LogP contribution in [0.2, 0.25) is 0 Å². The van der Waals surface area contributed by atoms with Crippen LogP contribution in [0.15, 0.2) is 42.5 Å². The molecule has 5 heteroatoms. The lowest BCUT2D eigenvalue weighted by atomic mass is 10.1. The van der Waals surface area contributed by atoms with Gasteiger partial charge in [0.25, 0.3) is 0 Å². The van der Waals surface area contributed by atoms with Crippen molar-refractivity contribution in [2.45, 2.75) is 26.4 Å². The highest BCUT2D eigenvalue weighted by Crippen LogP contribution is 2.20. The van der Waals surface area contributed by atoms with Gasteiger partial charge in [0.1, 0.15) is 12.4 Å². The molecule has 0 aliphatic rings. The Balaban J connectivity index is 1.59. The first kappa shape index (κ1) is 18.1. The van der Waals surface area contributed by atoms with Gasteiger partial charge >= 0.3 is 6.03 Å². The Kier molecular flexibility index (Phi) is 7.36. The predicted octanol–water partition coefficient (Wildman–Crippen LogP) is 3.33. The van der Waals surface area contributed by atoms with E-state index in [0.717, 1.165) is 17.6 Å². The van der Waals surface area contributed by atoms with E-state index in [1.54, 1.807) is 0 Å². The van der Waals surface area contributed by atoms with Crippen LogP contribution in [0, 0.1) is 0 Å². The van der Waals surface area contributed by atoms with Gasteiger partial charge in [0, 0.05) is 13.2 Å². The van der Waals surface area contributed by atoms with E-state index in [4.69, 9.17) is 9.47 Å². The van der Waals surface area contributed by atoms with Gasteiger partial charge in [-0.25, -0.2) is 4.79 Å². The Morgan fingerprint density at radius 3 is 2.54 bits per heavy atom. The van der Waals surface area contributed by atoms with Crippen LogP contribution >= 0.6 is 0 Å². The molecular weight excluding hydrogens is 304 g/mol. The van der Waals surface area contributed by atoms with Crippen LogP contribution in [0.25, 0.3) is 10.8 Å². The summed E-state index contributed by atoms with van der Waals surface area (Å²) in [5.74, 6) is 0.807. The number of nitrogens with one attached hydrogen (secondary N) is 2. The number of hydrogen-bond donors (Lipinski definition) is 2. The van der Waals surface area contributed by atoms with Crippen LogP contribution in [-0.4, -0.2) is 38.4 Å². The zero-order valence-corrected chi connectivity index (χ0v) is 14.4. The third kappa shape index (κ3) is 6.46. The summed E-state index contributed by atoms with van der Waals surface area (Å²) in [5, 5.41) is 7.89. The van der Waals surface area contributed by atoms with Crippen molar-refractivity contribution in [1.29, 1.82) is 0 Å². The average Bonchev–Trinajstić information content (AvgIpc) is 2.58. The van der Waals surface area contributed by atoms with Crippen molar-refractivity contribution in [1.82, 2.24) is 10.6 Å². The average molecular weight is 330 g/mol. The Morgan fingerprint density at radius 1 is 1.00 bits per heavy atom. The summed E-state index contributed by atoms with van der Waals surface area (Å²) in [6, 6.07) is 13.9. The van der Waals surface area contributed by atoms with E-state index in [1.165, 1.54) is 5.39 Å². The molecule has 0 radical (unpaired) electrons. The summed E-state index contributed by atoms with van der Waals surface area (Å²) in [6.45, 7) is 6.14. The fourth-order valence-corrected chi connectivity index (χ4v) is 2.25. The highest BCUT2D eigenvalue weighted by atomic mass is 16.5. The van der Waals surface area contributed by atoms with E-state index < -0.39 is 0 Å². The van der Waals surface area contributed by atoms with Gasteiger partial charge in [0.15, 0.2) is 0 Å². The molecule has 0 fully saturated rings. The topological polar surface area (TPSA) is 59.6 Å². The van der Waals surface area contributed by atoms with Crippen molar-refractivity contribution in [3.8, 4) is 5.75 Å². The number of rotatable bonds is 9. The maximum absolute atomic E-state index is 11.6. The zero-order valence-electron chi connectivity index (χ0n) is 14.4. The molecule has 24 heavy (non-hydrogen) atoms. The number of amides is 2. The third-order valence-electron chi connectivity index (χ3n) is 3.44. The molecule has 0 spiro atoms. The van der Waals surface area contributed by atoms with Gasteiger partial charge in [-0.05, 0) is 43.2 Å². The molecule has 0 saturated heterocycles. The second-order valence-electron chi connectivity index (χ2n) is 5.81. The lowest BCUT2D eigenvalue weighted by Crippen LogP contribution is -2.38. The lowest BCUT2D eigenvalue weighted by molar-refractivity contribution is 0.0774. The first-order valence-corrected chi connectivity index (χ1v) is 8.40. The molecule has 2 rings (SSSR count). The van der Waals surface area contributed by atoms with Gasteiger partial charge in [0.2, 0.25) is 0 Å². The van der Waals surface area contributed by atoms with Crippen molar-refractivity contribution in [3.63, 3.8) is 0 Å². The van der Waals surface area contributed by atoms with E-state index in [-0.39, 0.29) is 12.1 Å². The van der Waals surface area contributed by atoms with Crippen molar-refractivity contribution in [2.75, 3.05) is 26.3 Å². The maximum atomic E-state index is 11.6. The van der Waals surface area contributed by atoms with E-state index in [2.05, 4.69) is 22.8 Å². The molecule has 0 atom stereocenters. The summed E-state index contributed by atoms with van der Waals surface area (Å²) >= 11 is 0. The normalized spacial score (nSPS) is 10.8. The number of hydrogen-bond acceptors (Lipinski definition) is 3. The van der Waals surface area contributed by atoms with Gasteiger partial charge in [-0.3, -0.25) is 0 Å². The summed E-state index contributed by atoms with van der Waals surface area (Å²) in [6.07, 6.45) is 1.03. The van der Waals surface area contributed by atoms with E-state index >= 15 is 0 Å². The van der Waals surface area contributed by atoms with Crippen LogP contribution < -0.4 is 15.4 Å². The molecule has 2 aromatic rings. The highest BCUT2D eigenvalue weighted by molar-refractivity contribution is 5.83. The van der Waals surface area contributed by atoms with Crippen LogP contribution in [0.4, 0.5) is 4.79 Å². The quantitative estimate of drug-likeness (QED) is 0.693. The number of benzene rings is 2. The van der Waals surface area contributed by atoms with Crippen molar-refractivity contribution in [2.24, 2.45) is 0 Å². The number of carbonyl (C=O) groups is 1. The monoisotopic (exact) mass is 330 g/mol. The fraction of sp³-hybridized carbons (Fsp3) is 0.421. The molecule has 0 aromatic heterocycles. The second kappa shape index (κ2) is 9.78. The van der Waals surface area contributed by atoms with E-state index in [1.807, 2.05) is 44.2 Å². The standard InChI is InChI=1S/C19H26N2O3/c1-15(2)23-12-5-10-20-19(22)21-11-13-24-18-9-8-16-6-3-4-7-17(16)14-18/h3-4,6-9,14-15H,5,10-13H2,1-2H3,(H2,20,21,22). The Morgan fingerprint density at radius 2 is 1.75 bits per heavy atom. The first-order valence-electron chi connectivity index (χ1n) is 8.40. The Bertz CT molecular complexity index is 643. The minimum absolute atomic E-state index is 0.179. The van der Waals surface area contributed by atoms with E-state index in [0.29, 0.717) is 26.3 Å². The molecule has 0 bridgehead atoms. The number of carbonyl (C=O) groups excluding carboxylic acids is 1. The van der Waals surface area contributed by atoms with Crippen LogP contribution in [0.5, 0.6) is 5.75 Å². The highest BCUT2D eigenvalue weighted by Gasteiger charge is 2.01. The van der Waals surface area contributed by atoms with Crippen molar-refractivity contribution >= 4 is 16.8 Å². The molecule has 2 aromatic carbocycles. The zero-order chi connectivity index (χ0) is 17.2. The molecular formula is C19H26N2O3. The Hall–Kier alpha value is -2.27. The summed E-state index contributed by atoms with van der Waals surface area (Å²) < 4.78 is 11.1. The number of urea groups is 1. The molecule has 0 aliphatic carbocycles. The minimum Gasteiger partial charge on any atom is -0.492 e. The molecule has 5 nitrogen and oxygen atoms in total. The first-order chi connectivity index (χ1) is 11.6. The lowest BCUT2D eigenvalue weighted by Gasteiger charge is -2.10. The van der Waals surface area contributed by atoms with Gasteiger partial charge in [0.05, 0.1) is 12.6 Å². The molecule has 2 amide bonds. The summed E-state index contributed by atoms with van der Waals surface area (Å²) in [7, 11) is 0. The van der Waals surface area contributed by atoms with Gasteiger partial charge < -0.3 is 20.1 Å². The number of ether oxygens (including phenoxy) is 2. The largest absolute Gasteiger partial charge is 0.492 e. The minimum atomic E-state index is -0.179. The molecule has 0 unspecified atom stereocenters. The summed E-state index contributed by atoms with van der Waals surface area (Å²) in [5.41, 5.74) is 0. The van der Waals surface area contributed by atoms with E-state index in [9.17, 15) is 4.79 Å². The third-order valence-corrected chi connectivity index (χ3v) is 3.44. The second-order valence-corrected chi connectivity index (χ2v) is 5.81. The van der Waals surface area contributed by atoms with Gasteiger partial charge in [-0.15, -0.1) is 0 Å². The van der Waals surface area contributed by atoms with Crippen LogP contribution in [-0.2, 0) is 4.74 Å². The molecule has 0 saturated carbocycles. The van der Waals surface area contributed by atoms with Gasteiger partial charge in [-0.2, -0.15) is 0 Å². The maximum Gasteiger partial charge on any atom is 0.314 e. The molecule has 0 aliphatic heterocycles. The number of fused-ring (bicyclic) bond motifs is 1. The Labute approximate surface area is 143 Å². The van der Waals surface area contributed by atoms with Gasteiger partial charge in [-0.1, -0.05) is 30.3 Å². The fourth-order valence-electron chi connectivity index (χ4n) is 2.25. The molecule has 130 valence electrons. The summed E-state index contributed by atoms with van der Waals surface area (Å²) in [4.78, 5) is 11.6. The molecule has 2 N–H and O–H groups in total. The smallest absolute Gasteiger partial charge is 0.314 e. The van der Waals surface area contributed by atoms with Crippen molar-refractivity contribution in [3.05, 3.63) is 42.5 Å². The SMILES string of the molecule is CC(C)OCCCNC(=O)NCCOc1ccc2ccccc2c1. The van der Waals surface area contributed by atoms with Crippen LogP contribution in [0.3, 0.4) is 0 Å². The van der Waals surface area contributed by atoms with Crippen molar-refractivity contribution < 1.29 is 14.3 Å². The molecule has 0 heterocycles.